The Balaban J connectivity index is 1.52. The highest BCUT2D eigenvalue weighted by atomic mass is 32.2. The van der Waals surface area contributed by atoms with Gasteiger partial charge in [-0.2, -0.15) is 0 Å². The fourth-order valence-electron chi connectivity index (χ4n) is 3.59. The summed E-state index contributed by atoms with van der Waals surface area (Å²) in [4.78, 5) is 12.9. The van der Waals surface area contributed by atoms with E-state index in [0.29, 0.717) is 17.5 Å². The minimum Gasteiger partial charge on any atom is -0.497 e. The van der Waals surface area contributed by atoms with Crippen molar-refractivity contribution in [3.05, 3.63) is 90.5 Å². The van der Waals surface area contributed by atoms with Gasteiger partial charge < -0.3 is 10.1 Å². The molecule has 0 saturated heterocycles. The molecule has 174 valence electrons. The number of aromatic nitrogens is 3. The summed E-state index contributed by atoms with van der Waals surface area (Å²) >= 11 is 1.40. The highest BCUT2D eigenvalue weighted by molar-refractivity contribution is 8.00. The minimum absolute atomic E-state index is 0.0265. The molecule has 4 aromatic rings. The van der Waals surface area contributed by atoms with Gasteiger partial charge in [-0.1, -0.05) is 67.2 Å². The van der Waals surface area contributed by atoms with Gasteiger partial charge in [-0.15, -0.1) is 10.2 Å². The highest BCUT2D eigenvalue weighted by Crippen LogP contribution is 2.31. The Hall–Kier alpha value is -3.58. The van der Waals surface area contributed by atoms with E-state index in [9.17, 15) is 4.79 Å². The molecule has 0 radical (unpaired) electrons. The lowest BCUT2D eigenvalue weighted by molar-refractivity contribution is -0.120. The summed E-state index contributed by atoms with van der Waals surface area (Å²) in [6, 6.07) is 27.8. The molecule has 0 aliphatic carbocycles. The first-order chi connectivity index (χ1) is 16.6. The number of nitrogens with one attached hydrogen (secondary N) is 1. The number of amides is 1. The summed E-state index contributed by atoms with van der Waals surface area (Å²) in [6.45, 7) is 4.58. The number of ether oxygens (including phenoxy) is 1. The Kier molecular flexibility index (Phi) is 7.65. The quantitative estimate of drug-likeness (QED) is 0.333. The molecule has 4 rings (SSSR count). The molecule has 1 N–H and O–H groups in total. The lowest BCUT2D eigenvalue weighted by atomic mass is 10.0. The van der Waals surface area contributed by atoms with Crippen LogP contribution in [-0.4, -0.2) is 39.6 Å². The van der Waals surface area contributed by atoms with Gasteiger partial charge in [0.05, 0.1) is 12.4 Å². The first kappa shape index (κ1) is 23.6. The molecule has 1 aromatic heterocycles. The van der Waals surface area contributed by atoms with E-state index in [4.69, 9.17) is 4.74 Å². The van der Waals surface area contributed by atoms with E-state index in [1.807, 2.05) is 84.3 Å². The molecular weight excluding hydrogens is 444 g/mol. The van der Waals surface area contributed by atoms with E-state index in [2.05, 4.69) is 34.6 Å². The molecule has 2 unspecified atom stereocenters. The normalized spacial score (nSPS) is 12.7. The number of rotatable bonds is 9. The molecule has 3 aromatic carbocycles. The lowest BCUT2D eigenvalue weighted by Gasteiger charge is -2.16. The third kappa shape index (κ3) is 5.48. The SMILES string of the molecule is COc1ccc(-c2nnc(SC(C)C(=O)NCC(C)c3ccccc3)n2-c2ccccc2)cc1. The van der Waals surface area contributed by atoms with Gasteiger partial charge in [0, 0.05) is 17.8 Å². The topological polar surface area (TPSA) is 69.0 Å². The molecule has 1 amide bonds. The van der Waals surface area contributed by atoms with E-state index in [1.54, 1.807) is 7.11 Å². The van der Waals surface area contributed by atoms with Gasteiger partial charge in [-0.25, -0.2) is 0 Å². The Labute approximate surface area is 204 Å². The van der Waals surface area contributed by atoms with E-state index >= 15 is 0 Å². The van der Waals surface area contributed by atoms with Crippen molar-refractivity contribution < 1.29 is 9.53 Å². The predicted molar refractivity (Wildman–Crippen MR) is 137 cm³/mol. The summed E-state index contributed by atoms with van der Waals surface area (Å²) in [5, 5.41) is 12.3. The summed E-state index contributed by atoms with van der Waals surface area (Å²) in [6.07, 6.45) is 0. The van der Waals surface area contributed by atoms with Crippen LogP contribution in [0.15, 0.2) is 90.1 Å². The maximum atomic E-state index is 12.9. The number of carbonyl (C=O) groups excluding carboxylic acids is 1. The minimum atomic E-state index is -0.335. The molecule has 2 atom stereocenters. The van der Waals surface area contributed by atoms with E-state index in [1.165, 1.54) is 17.3 Å². The average Bonchev–Trinajstić information content (AvgIpc) is 3.31. The van der Waals surface area contributed by atoms with Crippen LogP contribution in [0.25, 0.3) is 17.1 Å². The molecule has 0 bridgehead atoms. The third-order valence-electron chi connectivity index (χ3n) is 5.60. The number of benzene rings is 3. The van der Waals surface area contributed by atoms with Gasteiger partial charge in [0.15, 0.2) is 11.0 Å². The lowest BCUT2D eigenvalue weighted by Crippen LogP contribution is -2.33. The molecule has 0 aliphatic rings. The van der Waals surface area contributed by atoms with Crippen molar-refractivity contribution in [1.82, 2.24) is 20.1 Å². The molecule has 0 aliphatic heterocycles. The second-order valence-corrected chi connectivity index (χ2v) is 9.33. The van der Waals surface area contributed by atoms with Gasteiger partial charge >= 0.3 is 0 Å². The highest BCUT2D eigenvalue weighted by Gasteiger charge is 2.22. The molecular formula is C27H28N4O2S. The number of nitrogens with zero attached hydrogens (tertiary/aromatic N) is 3. The molecule has 7 heteroatoms. The standard InChI is InChI=1S/C27H28N4O2S/c1-19(21-10-6-4-7-11-21)18-28-26(32)20(2)34-27-30-29-25(22-14-16-24(33-3)17-15-22)31(27)23-12-8-5-9-13-23/h4-17,19-20H,18H2,1-3H3,(H,28,32). The Bertz CT molecular complexity index is 1210. The molecule has 0 fully saturated rings. The van der Waals surface area contributed by atoms with Crippen LogP contribution in [0.3, 0.4) is 0 Å². The summed E-state index contributed by atoms with van der Waals surface area (Å²) in [5.41, 5.74) is 3.06. The van der Waals surface area contributed by atoms with Crippen LogP contribution in [0, 0.1) is 0 Å². The Morgan fingerprint density at radius 2 is 1.59 bits per heavy atom. The number of thioether (sulfide) groups is 1. The van der Waals surface area contributed by atoms with Crippen molar-refractivity contribution in [2.24, 2.45) is 0 Å². The number of para-hydroxylation sites is 1. The Morgan fingerprint density at radius 1 is 0.941 bits per heavy atom. The van der Waals surface area contributed by atoms with Gasteiger partial charge in [0.25, 0.3) is 0 Å². The van der Waals surface area contributed by atoms with Crippen molar-refractivity contribution in [2.75, 3.05) is 13.7 Å². The van der Waals surface area contributed by atoms with Gasteiger partial charge in [0.1, 0.15) is 5.75 Å². The predicted octanol–water partition coefficient (Wildman–Crippen LogP) is 5.34. The molecule has 34 heavy (non-hydrogen) atoms. The maximum absolute atomic E-state index is 12.9. The second-order valence-electron chi connectivity index (χ2n) is 8.02. The first-order valence-corrected chi connectivity index (χ1v) is 12.1. The summed E-state index contributed by atoms with van der Waals surface area (Å²) in [5.74, 6) is 1.69. The van der Waals surface area contributed by atoms with Crippen molar-refractivity contribution in [3.63, 3.8) is 0 Å². The zero-order valence-corrected chi connectivity index (χ0v) is 20.3. The van der Waals surface area contributed by atoms with Crippen LogP contribution in [0.2, 0.25) is 0 Å². The zero-order valence-electron chi connectivity index (χ0n) is 19.5. The van der Waals surface area contributed by atoms with Crippen molar-refractivity contribution >= 4 is 17.7 Å². The van der Waals surface area contributed by atoms with Gasteiger partial charge in [0.2, 0.25) is 5.91 Å². The van der Waals surface area contributed by atoms with Crippen LogP contribution < -0.4 is 10.1 Å². The summed E-state index contributed by atoms with van der Waals surface area (Å²) < 4.78 is 7.27. The smallest absolute Gasteiger partial charge is 0.233 e. The molecule has 1 heterocycles. The van der Waals surface area contributed by atoms with Crippen LogP contribution in [0.1, 0.15) is 25.3 Å². The van der Waals surface area contributed by atoms with Crippen LogP contribution in [-0.2, 0) is 4.79 Å². The van der Waals surface area contributed by atoms with Crippen LogP contribution in [0.5, 0.6) is 5.75 Å². The largest absolute Gasteiger partial charge is 0.497 e. The van der Waals surface area contributed by atoms with Gasteiger partial charge in [-0.3, -0.25) is 9.36 Å². The van der Waals surface area contributed by atoms with Crippen molar-refractivity contribution in [1.29, 1.82) is 0 Å². The summed E-state index contributed by atoms with van der Waals surface area (Å²) in [7, 11) is 1.64. The number of hydrogen-bond acceptors (Lipinski definition) is 5. The van der Waals surface area contributed by atoms with Crippen molar-refractivity contribution in [3.8, 4) is 22.8 Å². The van der Waals surface area contributed by atoms with E-state index < -0.39 is 0 Å². The fraction of sp³-hybridized carbons (Fsp3) is 0.222. The van der Waals surface area contributed by atoms with Crippen LogP contribution >= 0.6 is 11.8 Å². The number of methoxy groups -OCH3 is 1. The van der Waals surface area contributed by atoms with E-state index in [0.717, 1.165) is 17.0 Å². The molecule has 0 saturated carbocycles. The van der Waals surface area contributed by atoms with Gasteiger partial charge in [-0.05, 0) is 54.8 Å². The number of carbonyl (C=O) groups is 1. The monoisotopic (exact) mass is 472 g/mol. The van der Waals surface area contributed by atoms with Crippen molar-refractivity contribution in [2.45, 2.75) is 30.2 Å². The van der Waals surface area contributed by atoms with E-state index in [-0.39, 0.29) is 17.1 Å². The van der Waals surface area contributed by atoms with Crippen LogP contribution in [0.4, 0.5) is 0 Å². The maximum Gasteiger partial charge on any atom is 0.233 e. The first-order valence-electron chi connectivity index (χ1n) is 11.2. The molecule has 0 spiro atoms. The second kappa shape index (κ2) is 11.0. The Morgan fingerprint density at radius 3 is 2.24 bits per heavy atom. The number of hydrogen-bond donors (Lipinski definition) is 1. The molecule has 6 nitrogen and oxygen atoms in total. The fourth-order valence-corrected chi connectivity index (χ4v) is 4.48. The zero-order chi connectivity index (χ0) is 23.9. The average molecular weight is 473 g/mol. The third-order valence-corrected chi connectivity index (χ3v) is 6.64.